The molecule has 2 aromatic rings. The minimum atomic E-state index is -0.0256. The van der Waals surface area contributed by atoms with Crippen LogP contribution < -0.4 is 5.73 Å². The van der Waals surface area contributed by atoms with Gasteiger partial charge in [0, 0.05) is 38.1 Å². The van der Waals surface area contributed by atoms with Crippen LogP contribution in [-0.4, -0.2) is 14.5 Å². The Bertz CT molecular complexity index is 530. The lowest BCUT2D eigenvalue weighted by Crippen LogP contribution is -2.15. The third-order valence-corrected chi connectivity index (χ3v) is 3.21. The minimum absolute atomic E-state index is 0.0256. The van der Waals surface area contributed by atoms with Gasteiger partial charge in [-0.05, 0) is 31.4 Å². The third kappa shape index (κ3) is 2.76. The maximum absolute atomic E-state index is 6.21. The highest BCUT2D eigenvalue weighted by molar-refractivity contribution is 5.25. The standard InChI is InChI=1S/C14H20N4/c1-10-8-11(2)14(17-9-10)12(15)4-5-13-16-6-7-18(13)3/h6-9,12H,4-5,15H2,1-3H3. The van der Waals surface area contributed by atoms with Gasteiger partial charge in [-0.25, -0.2) is 4.98 Å². The number of imidazole rings is 1. The first-order valence-electron chi connectivity index (χ1n) is 6.23. The Labute approximate surface area is 108 Å². The lowest BCUT2D eigenvalue weighted by Gasteiger charge is -2.14. The molecule has 1 atom stereocenters. The van der Waals surface area contributed by atoms with Gasteiger partial charge < -0.3 is 10.3 Å². The molecule has 2 rings (SSSR count). The summed E-state index contributed by atoms with van der Waals surface area (Å²) < 4.78 is 2.03. The van der Waals surface area contributed by atoms with Crippen LogP contribution in [0.3, 0.4) is 0 Å². The third-order valence-electron chi connectivity index (χ3n) is 3.21. The van der Waals surface area contributed by atoms with Gasteiger partial charge in [0.2, 0.25) is 0 Å². The molecule has 2 aromatic heterocycles. The summed E-state index contributed by atoms with van der Waals surface area (Å²) in [6, 6.07) is 2.10. The van der Waals surface area contributed by atoms with Crippen molar-refractivity contribution in [3.63, 3.8) is 0 Å². The molecule has 0 aliphatic heterocycles. The predicted octanol–water partition coefficient (Wildman–Crippen LogP) is 2.06. The van der Waals surface area contributed by atoms with E-state index in [-0.39, 0.29) is 6.04 Å². The Morgan fingerprint density at radius 3 is 2.72 bits per heavy atom. The first-order chi connectivity index (χ1) is 8.58. The second-order valence-corrected chi connectivity index (χ2v) is 4.81. The Balaban J connectivity index is 2.03. The van der Waals surface area contributed by atoms with Crippen LogP contribution in [0.25, 0.3) is 0 Å². The van der Waals surface area contributed by atoms with Gasteiger partial charge in [-0.1, -0.05) is 6.07 Å². The van der Waals surface area contributed by atoms with Crippen molar-refractivity contribution < 1.29 is 0 Å². The van der Waals surface area contributed by atoms with Crippen LogP contribution in [0, 0.1) is 13.8 Å². The minimum Gasteiger partial charge on any atom is -0.338 e. The maximum atomic E-state index is 6.21. The van der Waals surface area contributed by atoms with Gasteiger partial charge in [0.25, 0.3) is 0 Å². The maximum Gasteiger partial charge on any atom is 0.108 e. The van der Waals surface area contributed by atoms with E-state index >= 15 is 0 Å². The van der Waals surface area contributed by atoms with Crippen molar-refractivity contribution in [3.8, 4) is 0 Å². The topological polar surface area (TPSA) is 56.7 Å². The van der Waals surface area contributed by atoms with Crippen LogP contribution in [0.5, 0.6) is 0 Å². The monoisotopic (exact) mass is 244 g/mol. The summed E-state index contributed by atoms with van der Waals surface area (Å²) >= 11 is 0. The SMILES string of the molecule is Cc1cnc(C(N)CCc2nccn2C)c(C)c1. The van der Waals surface area contributed by atoms with E-state index in [9.17, 15) is 0 Å². The number of aryl methyl sites for hydroxylation is 4. The molecule has 18 heavy (non-hydrogen) atoms. The molecule has 0 aliphatic rings. The fraction of sp³-hybridized carbons (Fsp3) is 0.429. The number of pyridine rings is 1. The molecule has 0 fully saturated rings. The van der Waals surface area contributed by atoms with Crippen molar-refractivity contribution in [3.05, 3.63) is 47.3 Å². The highest BCUT2D eigenvalue weighted by Crippen LogP contribution is 2.18. The van der Waals surface area contributed by atoms with Gasteiger partial charge >= 0.3 is 0 Å². The molecule has 2 heterocycles. The fourth-order valence-electron chi connectivity index (χ4n) is 2.17. The Kier molecular flexibility index (Phi) is 3.77. The number of rotatable bonds is 4. The average molecular weight is 244 g/mol. The summed E-state index contributed by atoms with van der Waals surface area (Å²) in [7, 11) is 2.00. The van der Waals surface area contributed by atoms with Crippen molar-refractivity contribution in [1.82, 2.24) is 14.5 Å². The lowest BCUT2D eigenvalue weighted by molar-refractivity contribution is 0.603. The zero-order valence-corrected chi connectivity index (χ0v) is 11.2. The number of hydrogen-bond acceptors (Lipinski definition) is 3. The van der Waals surface area contributed by atoms with Crippen LogP contribution in [-0.2, 0) is 13.5 Å². The van der Waals surface area contributed by atoms with E-state index in [2.05, 4.69) is 23.0 Å². The molecule has 0 aliphatic carbocycles. The zero-order chi connectivity index (χ0) is 13.1. The summed E-state index contributed by atoms with van der Waals surface area (Å²) in [5.74, 6) is 1.07. The Morgan fingerprint density at radius 2 is 2.11 bits per heavy atom. The molecular formula is C14H20N4. The first kappa shape index (κ1) is 12.8. The fourth-order valence-corrected chi connectivity index (χ4v) is 2.17. The molecule has 2 N–H and O–H groups in total. The lowest BCUT2D eigenvalue weighted by atomic mass is 10.0. The van der Waals surface area contributed by atoms with Crippen LogP contribution in [0.15, 0.2) is 24.7 Å². The van der Waals surface area contributed by atoms with Crippen molar-refractivity contribution >= 4 is 0 Å². The van der Waals surface area contributed by atoms with E-state index in [4.69, 9.17) is 5.73 Å². The molecule has 0 saturated carbocycles. The van der Waals surface area contributed by atoms with Crippen molar-refractivity contribution in [2.24, 2.45) is 12.8 Å². The van der Waals surface area contributed by atoms with E-state index in [1.54, 1.807) is 0 Å². The van der Waals surface area contributed by atoms with Crippen molar-refractivity contribution in [2.45, 2.75) is 32.7 Å². The van der Waals surface area contributed by atoms with Crippen molar-refractivity contribution in [2.75, 3.05) is 0 Å². The van der Waals surface area contributed by atoms with Gasteiger partial charge in [0.05, 0.1) is 5.69 Å². The zero-order valence-electron chi connectivity index (χ0n) is 11.2. The predicted molar refractivity (Wildman–Crippen MR) is 72.2 cm³/mol. The highest BCUT2D eigenvalue weighted by Gasteiger charge is 2.12. The van der Waals surface area contributed by atoms with Gasteiger partial charge in [0.1, 0.15) is 5.82 Å². The van der Waals surface area contributed by atoms with Crippen LogP contribution >= 0.6 is 0 Å². The molecule has 4 heteroatoms. The molecule has 96 valence electrons. The molecule has 0 saturated heterocycles. The molecule has 4 nitrogen and oxygen atoms in total. The molecular weight excluding hydrogens is 224 g/mol. The number of nitrogens with zero attached hydrogens (tertiary/aromatic N) is 3. The number of aromatic nitrogens is 3. The van der Waals surface area contributed by atoms with E-state index in [1.165, 1.54) is 11.1 Å². The Morgan fingerprint density at radius 1 is 1.33 bits per heavy atom. The van der Waals surface area contributed by atoms with Crippen LogP contribution in [0.2, 0.25) is 0 Å². The second kappa shape index (κ2) is 5.31. The number of nitrogens with two attached hydrogens (primary N) is 1. The molecule has 0 bridgehead atoms. The van der Waals surface area contributed by atoms with Gasteiger partial charge in [-0.15, -0.1) is 0 Å². The average Bonchev–Trinajstić information content (AvgIpc) is 2.72. The van der Waals surface area contributed by atoms with Crippen molar-refractivity contribution in [1.29, 1.82) is 0 Å². The summed E-state index contributed by atoms with van der Waals surface area (Å²) in [5, 5.41) is 0. The quantitative estimate of drug-likeness (QED) is 0.895. The van der Waals surface area contributed by atoms with E-state index in [1.807, 2.05) is 37.1 Å². The van der Waals surface area contributed by atoms with Crippen LogP contribution in [0.1, 0.15) is 35.1 Å². The second-order valence-electron chi connectivity index (χ2n) is 4.81. The summed E-state index contributed by atoms with van der Waals surface area (Å²) in [6.07, 6.45) is 7.39. The largest absolute Gasteiger partial charge is 0.338 e. The van der Waals surface area contributed by atoms with Gasteiger partial charge in [-0.3, -0.25) is 4.98 Å². The molecule has 0 radical (unpaired) electrons. The number of hydrogen-bond donors (Lipinski definition) is 1. The van der Waals surface area contributed by atoms with E-state index in [0.29, 0.717) is 0 Å². The molecule has 0 amide bonds. The summed E-state index contributed by atoms with van der Waals surface area (Å²) in [5.41, 5.74) is 9.55. The summed E-state index contributed by atoms with van der Waals surface area (Å²) in [4.78, 5) is 8.75. The van der Waals surface area contributed by atoms with Gasteiger partial charge in [0.15, 0.2) is 0 Å². The van der Waals surface area contributed by atoms with E-state index in [0.717, 1.165) is 24.4 Å². The van der Waals surface area contributed by atoms with E-state index < -0.39 is 0 Å². The molecule has 1 unspecified atom stereocenters. The summed E-state index contributed by atoms with van der Waals surface area (Å²) in [6.45, 7) is 4.11. The normalized spacial score (nSPS) is 12.7. The molecule has 0 spiro atoms. The first-order valence-corrected chi connectivity index (χ1v) is 6.23. The Hall–Kier alpha value is -1.68. The molecule has 0 aromatic carbocycles. The smallest absolute Gasteiger partial charge is 0.108 e. The van der Waals surface area contributed by atoms with Crippen LogP contribution in [0.4, 0.5) is 0 Å². The van der Waals surface area contributed by atoms with Gasteiger partial charge in [-0.2, -0.15) is 0 Å². The highest BCUT2D eigenvalue weighted by atomic mass is 15.0.